The zero-order chi connectivity index (χ0) is 7.68. The summed E-state index contributed by atoms with van der Waals surface area (Å²) >= 11 is 3.52. The molecule has 1 nitrogen and oxygen atoms in total. The van der Waals surface area contributed by atoms with Crippen LogP contribution in [0.3, 0.4) is 0 Å². The SMILES string of the molecule is CSc1cc2cccnc2s1. The Balaban J connectivity index is 2.69. The van der Waals surface area contributed by atoms with Crippen molar-refractivity contribution in [2.45, 2.75) is 4.21 Å². The number of aromatic nitrogens is 1. The summed E-state index contributed by atoms with van der Waals surface area (Å²) in [7, 11) is 0. The Morgan fingerprint density at radius 1 is 1.55 bits per heavy atom. The maximum absolute atomic E-state index is 4.26. The number of thioether (sulfide) groups is 1. The highest BCUT2D eigenvalue weighted by molar-refractivity contribution is 8.00. The number of nitrogens with zero attached hydrogens (tertiary/aromatic N) is 1. The molecule has 0 radical (unpaired) electrons. The molecule has 2 rings (SSSR count). The van der Waals surface area contributed by atoms with Crippen LogP contribution in [0.15, 0.2) is 28.6 Å². The lowest BCUT2D eigenvalue weighted by Gasteiger charge is -1.81. The predicted octanol–water partition coefficient (Wildman–Crippen LogP) is 3.02. The third-order valence-corrected chi connectivity index (χ3v) is 3.60. The molecule has 0 spiro atoms. The Kier molecular flexibility index (Phi) is 1.84. The molecule has 0 amide bonds. The van der Waals surface area contributed by atoms with Gasteiger partial charge in [0.25, 0.3) is 0 Å². The molecule has 0 aliphatic carbocycles. The predicted molar refractivity (Wildman–Crippen MR) is 51.4 cm³/mol. The van der Waals surface area contributed by atoms with Crippen molar-refractivity contribution in [2.24, 2.45) is 0 Å². The van der Waals surface area contributed by atoms with Gasteiger partial charge in [-0.25, -0.2) is 4.98 Å². The zero-order valence-corrected chi connectivity index (χ0v) is 7.71. The van der Waals surface area contributed by atoms with Crippen LogP contribution in [0.4, 0.5) is 0 Å². The van der Waals surface area contributed by atoms with Gasteiger partial charge in [-0.2, -0.15) is 0 Å². The van der Waals surface area contributed by atoms with Gasteiger partial charge < -0.3 is 0 Å². The summed E-state index contributed by atoms with van der Waals surface area (Å²) in [6.07, 6.45) is 3.92. The van der Waals surface area contributed by atoms with Gasteiger partial charge in [-0.3, -0.25) is 0 Å². The number of rotatable bonds is 1. The maximum Gasteiger partial charge on any atom is 0.124 e. The van der Waals surface area contributed by atoms with E-state index in [0.717, 1.165) is 4.83 Å². The molecule has 0 unspecified atom stereocenters. The first kappa shape index (κ1) is 7.13. The summed E-state index contributed by atoms with van der Waals surface area (Å²) in [6, 6.07) is 6.25. The maximum atomic E-state index is 4.26. The van der Waals surface area contributed by atoms with Crippen LogP contribution in [0.5, 0.6) is 0 Å². The second-order valence-electron chi connectivity index (χ2n) is 2.17. The van der Waals surface area contributed by atoms with E-state index in [1.54, 1.807) is 23.1 Å². The molecule has 2 heterocycles. The first-order chi connectivity index (χ1) is 5.40. The van der Waals surface area contributed by atoms with Crippen molar-refractivity contribution in [1.29, 1.82) is 0 Å². The molecule has 0 fully saturated rings. The van der Waals surface area contributed by atoms with Crippen LogP contribution < -0.4 is 0 Å². The molecular weight excluding hydrogens is 174 g/mol. The Labute approximate surface area is 73.5 Å². The van der Waals surface area contributed by atoms with Crippen LogP contribution in [-0.4, -0.2) is 11.2 Å². The zero-order valence-electron chi connectivity index (χ0n) is 6.07. The van der Waals surface area contributed by atoms with Crippen molar-refractivity contribution < 1.29 is 0 Å². The van der Waals surface area contributed by atoms with Gasteiger partial charge in [0.15, 0.2) is 0 Å². The van der Waals surface area contributed by atoms with Crippen molar-refractivity contribution in [1.82, 2.24) is 4.98 Å². The van der Waals surface area contributed by atoms with E-state index < -0.39 is 0 Å². The van der Waals surface area contributed by atoms with E-state index in [4.69, 9.17) is 0 Å². The van der Waals surface area contributed by atoms with E-state index in [0.29, 0.717) is 0 Å². The van der Waals surface area contributed by atoms with Crippen molar-refractivity contribution in [3.8, 4) is 0 Å². The normalized spacial score (nSPS) is 10.6. The molecule has 0 N–H and O–H groups in total. The number of thiophene rings is 1. The molecule has 0 atom stereocenters. The second-order valence-corrected chi connectivity index (χ2v) is 4.30. The third kappa shape index (κ3) is 1.26. The van der Waals surface area contributed by atoms with Crippen LogP contribution in [0.25, 0.3) is 10.2 Å². The molecule has 0 bridgehead atoms. The third-order valence-electron chi connectivity index (χ3n) is 1.47. The lowest BCUT2D eigenvalue weighted by Crippen LogP contribution is -1.65. The number of fused-ring (bicyclic) bond motifs is 1. The highest BCUT2D eigenvalue weighted by Gasteiger charge is 1.98. The van der Waals surface area contributed by atoms with Crippen LogP contribution in [0.2, 0.25) is 0 Å². The molecular formula is C8H7NS2. The van der Waals surface area contributed by atoms with Gasteiger partial charge in [0.05, 0.1) is 4.21 Å². The standard InChI is InChI=1S/C8H7NS2/c1-10-7-5-6-3-2-4-9-8(6)11-7/h2-5H,1H3. The van der Waals surface area contributed by atoms with Gasteiger partial charge in [0, 0.05) is 11.6 Å². The van der Waals surface area contributed by atoms with Crippen LogP contribution >= 0.6 is 23.1 Å². The average Bonchev–Trinajstić information content (AvgIpc) is 2.46. The van der Waals surface area contributed by atoms with Gasteiger partial charge in [0.1, 0.15) is 4.83 Å². The minimum atomic E-state index is 1.14. The highest BCUT2D eigenvalue weighted by atomic mass is 32.2. The lowest BCUT2D eigenvalue weighted by atomic mass is 10.4. The van der Waals surface area contributed by atoms with Crippen LogP contribution in [0, 0.1) is 0 Å². The fraction of sp³-hybridized carbons (Fsp3) is 0.125. The van der Waals surface area contributed by atoms with Gasteiger partial charge in [0.2, 0.25) is 0 Å². The lowest BCUT2D eigenvalue weighted by molar-refractivity contribution is 1.45. The average molecular weight is 181 g/mol. The van der Waals surface area contributed by atoms with Gasteiger partial charge in [-0.15, -0.1) is 23.1 Å². The fourth-order valence-corrected chi connectivity index (χ4v) is 2.50. The molecule has 56 valence electrons. The summed E-state index contributed by atoms with van der Waals surface area (Å²) < 4.78 is 1.33. The molecule has 2 aromatic heterocycles. The van der Waals surface area contributed by atoms with E-state index >= 15 is 0 Å². The van der Waals surface area contributed by atoms with Crippen molar-refractivity contribution in [2.75, 3.05) is 6.26 Å². The Bertz CT molecular complexity index is 334. The smallest absolute Gasteiger partial charge is 0.124 e. The molecule has 2 aromatic rings. The molecule has 0 aliphatic rings. The summed E-state index contributed by atoms with van der Waals surface area (Å²) in [5.41, 5.74) is 0. The molecule has 11 heavy (non-hydrogen) atoms. The molecule has 0 aliphatic heterocycles. The van der Waals surface area contributed by atoms with E-state index in [1.165, 1.54) is 9.60 Å². The Morgan fingerprint density at radius 3 is 3.18 bits per heavy atom. The van der Waals surface area contributed by atoms with Crippen LogP contribution in [0.1, 0.15) is 0 Å². The van der Waals surface area contributed by atoms with Gasteiger partial charge in [-0.1, -0.05) is 6.07 Å². The summed E-state index contributed by atoms with van der Waals surface area (Å²) in [4.78, 5) is 5.39. The van der Waals surface area contributed by atoms with Crippen molar-refractivity contribution >= 4 is 33.3 Å². The Morgan fingerprint density at radius 2 is 2.45 bits per heavy atom. The summed E-state index contributed by atoms with van der Waals surface area (Å²) in [5, 5.41) is 1.25. The second kappa shape index (κ2) is 2.83. The fourth-order valence-electron chi connectivity index (χ4n) is 0.951. The number of hydrogen-bond donors (Lipinski definition) is 0. The largest absolute Gasteiger partial charge is 0.245 e. The van der Waals surface area contributed by atoms with Gasteiger partial charge >= 0.3 is 0 Å². The topological polar surface area (TPSA) is 12.9 Å². The number of hydrogen-bond acceptors (Lipinski definition) is 3. The molecule has 3 heteroatoms. The Hall–Kier alpha value is -0.540. The summed E-state index contributed by atoms with van der Waals surface area (Å²) in [5.74, 6) is 0. The minimum absolute atomic E-state index is 1.14. The van der Waals surface area contributed by atoms with Crippen molar-refractivity contribution in [3.05, 3.63) is 24.4 Å². The van der Waals surface area contributed by atoms with Gasteiger partial charge in [-0.05, 0) is 18.4 Å². The van der Waals surface area contributed by atoms with Crippen LogP contribution in [-0.2, 0) is 0 Å². The van der Waals surface area contributed by atoms with Crippen molar-refractivity contribution in [3.63, 3.8) is 0 Å². The first-order valence-electron chi connectivity index (χ1n) is 3.29. The van der Waals surface area contributed by atoms with E-state index in [-0.39, 0.29) is 0 Å². The number of pyridine rings is 1. The monoisotopic (exact) mass is 181 g/mol. The summed E-state index contributed by atoms with van der Waals surface area (Å²) in [6.45, 7) is 0. The first-order valence-corrected chi connectivity index (χ1v) is 5.33. The highest BCUT2D eigenvalue weighted by Crippen LogP contribution is 2.29. The van der Waals surface area contributed by atoms with E-state index in [9.17, 15) is 0 Å². The molecule has 0 saturated carbocycles. The molecule has 0 aromatic carbocycles. The minimum Gasteiger partial charge on any atom is -0.245 e. The quantitative estimate of drug-likeness (QED) is 0.627. The van der Waals surface area contributed by atoms with E-state index in [2.05, 4.69) is 23.4 Å². The van der Waals surface area contributed by atoms with E-state index in [1.807, 2.05) is 12.3 Å². The molecule has 0 saturated heterocycles.